The van der Waals surface area contributed by atoms with Gasteiger partial charge < -0.3 is 11.1 Å². The van der Waals surface area contributed by atoms with E-state index in [4.69, 9.17) is 5.73 Å². The second-order valence-corrected chi connectivity index (χ2v) is 3.45. The minimum absolute atomic E-state index is 0.270. The van der Waals surface area contributed by atoms with Gasteiger partial charge in [-0.3, -0.25) is 4.79 Å². The molecule has 1 atom stereocenters. The molecule has 1 aliphatic rings. The van der Waals surface area contributed by atoms with Crippen molar-refractivity contribution in [1.82, 2.24) is 5.32 Å². The number of primary amides is 1. The molecule has 74 valence electrons. The highest BCUT2D eigenvalue weighted by atomic mass is 19.1. The summed E-state index contributed by atoms with van der Waals surface area (Å²) in [5.41, 5.74) is 7.07. The van der Waals surface area contributed by atoms with Crippen molar-refractivity contribution >= 4 is 5.91 Å². The Kier molecular flexibility index (Phi) is 2.21. The summed E-state index contributed by atoms with van der Waals surface area (Å²) >= 11 is 0. The zero-order valence-corrected chi connectivity index (χ0v) is 7.59. The van der Waals surface area contributed by atoms with Gasteiger partial charge in [-0.05, 0) is 29.7 Å². The summed E-state index contributed by atoms with van der Waals surface area (Å²) in [7, 11) is 0. The van der Waals surface area contributed by atoms with Gasteiger partial charge >= 0.3 is 0 Å². The number of rotatable bonds is 1. The molecule has 2 rings (SSSR count). The third-order valence-corrected chi connectivity index (χ3v) is 2.47. The minimum atomic E-state index is -0.389. The molecular weight excluding hydrogens is 183 g/mol. The van der Waals surface area contributed by atoms with E-state index in [1.54, 1.807) is 6.07 Å². The Labute approximate surface area is 81.1 Å². The van der Waals surface area contributed by atoms with Crippen LogP contribution in [0.4, 0.5) is 4.39 Å². The summed E-state index contributed by atoms with van der Waals surface area (Å²) in [6, 6.07) is 4.25. The third-order valence-electron chi connectivity index (χ3n) is 2.47. The maximum atomic E-state index is 12.9. The van der Waals surface area contributed by atoms with Crippen LogP contribution in [0.5, 0.6) is 0 Å². The van der Waals surface area contributed by atoms with E-state index in [1.165, 1.54) is 12.1 Å². The summed E-state index contributed by atoms with van der Waals surface area (Å²) in [6.07, 6.45) is 0.475. The molecule has 0 bridgehead atoms. The first-order chi connectivity index (χ1) is 6.66. The van der Waals surface area contributed by atoms with Gasteiger partial charge in [-0.1, -0.05) is 6.07 Å². The fraction of sp³-hybridized carbons (Fsp3) is 0.300. The van der Waals surface area contributed by atoms with Crippen LogP contribution in [0.3, 0.4) is 0 Å². The average molecular weight is 194 g/mol. The highest BCUT2D eigenvalue weighted by Gasteiger charge is 2.21. The van der Waals surface area contributed by atoms with Crippen LogP contribution in [0.2, 0.25) is 0 Å². The largest absolute Gasteiger partial charge is 0.368 e. The van der Waals surface area contributed by atoms with Gasteiger partial charge in [0.15, 0.2) is 0 Å². The summed E-state index contributed by atoms with van der Waals surface area (Å²) in [4.78, 5) is 10.9. The predicted molar refractivity (Wildman–Crippen MR) is 49.9 cm³/mol. The fourth-order valence-corrected chi connectivity index (χ4v) is 1.68. The van der Waals surface area contributed by atoms with Crippen LogP contribution in [0.1, 0.15) is 11.1 Å². The quantitative estimate of drug-likeness (QED) is 0.676. The van der Waals surface area contributed by atoms with Crippen molar-refractivity contribution in [3.05, 3.63) is 35.1 Å². The molecule has 0 saturated heterocycles. The molecule has 0 radical (unpaired) electrons. The predicted octanol–water partition coefficient (Wildman–Crippen LogP) is 0.325. The molecule has 0 spiro atoms. The molecule has 3 nitrogen and oxygen atoms in total. The van der Waals surface area contributed by atoms with Crippen LogP contribution in [0, 0.1) is 5.82 Å². The Balaban J connectivity index is 2.29. The average Bonchev–Trinajstić information content (AvgIpc) is 2.16. The Morgan fingerprint density at radius 2 is 2.29 bits per heavy atom. The molecule has 0 unspecified atom stereocenters. The summed E-state index contributed by atoms with van der Waals surface area (Å²) in [5.74, 6) is -0.659. The van der Waals surface area contributed by atoms with Crippen LogP contribution in [0.15, 0.2) is 18.2 Å². The number of carbonyl (C=O) groups excluding carboxylic acids is 1. The van der Waals surface area contributed by atoms with Crippen molar-refractivity contribution in [2.45, 2.75) is 19.0 Å². The second kappa shape index (κ2) is 3.38. The van der Waals surface area contributed by atoms with Gasteiger partial charge in [0.1, 0.15) is 5.82 Å². The molecule has 1 amide bonds. The number of nitrogens with one attached hydrogen (secondary N) is 1. The lowest BCUT2D eigenvalue weighted by molar-refractivity contribution is -0.120. The number of halogens is 1. The maximum absolute atomic E-state index is 12.9. The number of hydrogen-bond donors (Lipinski definition) is 2. The van der Waals surface area contributed by atoms with Crippen molar-refractivity contribution in [3.63, 3.8) is 0 Å². The van der Waals surface area contributed by atoms with Crippen LogP contribution >= 0.6 is 0 Å². The molecule has 1 aromatic rings. The van der Waals surface area contributed by atoms with Crippen LogP contribution in [-0.4, -0.2) is 11.9 Å². The van der Waals surface area contributed by atoms with E-state index < -0.39 is 0 Å². The number of amides is 1. The highest BCUT2D eigenvalue weighted by molar-refractivity contribution is 5.80. The lowest BCUT2D eigenvalue weighted by atomic mass is 9.95. The zero-order chi connectivity index (χ0) is 10.1. The van der Waals surface area contributed by atoms with E-state index in [0.717, 1.165) is 11.1 Å². The van der Waals surface area contributed by atoms with Crippen LogP contribution in [0.25, 0.3) is 0 Å². The molecule has 1 heterocycles. The van der Waals surface area contributed by atoms with Gasteiger partial charge in [0.05, 0.1) is 6.04 Å². The first kappa shape index (κ1) is 9.15. The van der Waals surface area contributed by atoms with E-state index in [0.29, 0.717) is 13.0 Å². The van der Waals surface area contributed by atoms with E-state index in [2.05, 4.69) is 5.32 Å². The highest BCUT2D eigenvalue weighted by Crippen LogP contribution is 2.17. The molecule has 0 saturated carbocycles. The molecule has 1 aliphatic heterocycles. The van der Waals surface area contributed by atoms with Gasteiger partial charge in [-0.25, -0.2) is 4.39 Å². The maximum Gasteiger partial charge on any atom is 0.234 e. The molecular formula is C10H11FN2O. The molecule has 0 fully saturated rings. The monoisotopic (exact) mass is 194 g/mol. The second-order valence-electron chi connectivity index (χ2n) is 3.45. The van der Waals surface area contributed by atoms with Crippen LogP contribution < -0.4 is 11.1 Å². The summed E-state index contributed by atoms with van der Waals surface area (Å²) in [5, 5.41) is 3.00. The number of hydrogen-bond acceptors (Lipinski definition) is 2. The first-order valence-corrected chi connectivity index (χ1v) is 4.47. The van der Waals surface area contributed by atoms with Crippen molar-refractivity contribution in [2.24, 2.45) is 5.73 Å². The van der Waals surface area contributed by atoms with E-state index >= 15 is 0 Å². The molecule has 0 aliphatic carbocycles. The van der Waals surface area contributed by atoms with Gasteiger partial charge in [0, 0.05) is 6.54 Å². The van der Waals surface area contributed by atoms with Crippen molar-refractivity contribution < 1.29 is 9.18 Å². The Morgan fingerprint density at radius 3 is 3.00 bits per heavy atom. The molecule has 3 N–H and O–H groups in total. The minimum Gasteiger partial charge on any atom is -0.368 e. The van der Waals surface area contributed by atoms with Gasteiger partial charge in [0.2, 0.25) is 5.91 Å². The number of carbonyl (C=O) groups is 1. The summed E-state index contributed by atoms with van der Waals surface area (Å²) < 4.78 is 12.9. The Bertz CT molecular complexity index is 378. The normalized spacial score (nSPS) is 20.2. The zero-order valence-electron chi connectivity index (χ0n) is 7.59. The lowest BCUT2D eigenvalue weighted by Crippen LogP contribution is -2.45. The molecule has 4 heteroatoms. The van der Waals surface area contributed by atoms with Gasteiger partial charge in [0.25, 0.3) is 0 Å². The van der Waals surface area contributed by atoms with Gasteiger partial charge in [-0.15, -0.1) is 0 Å². The SMILES string of the molecule is NC(=O)[C@@H]1Cc2cc(F)ccc2CN1. The van der Waals surface area contributed by atoms with Crippen molar-refractivity contribution in [1.29, 1.82) is 0 Å². The van der Waals surface area contributed by atoms with E-state index in [9.17, 15) is 9.18 Å². The fourth-order valence-electron chi connectivity index (χ4n) is 1.68. The Hall–Kier alpha value is -1.42. The third kappa shape index (κ3) is 1.61. The van der Waals surface area contributed by atoms with E-state index in [1.807, 2.05) is 0 Å². The van der Waals surface area contributed by atoms with E-state index in [-0.39, 0.29) is 17.8 Å². The molecule has 0 aromatic heterocycles. The standard InChI is InChI=1S/C10H11FN2O/c11-8-2-1-6-5-13-9(10(12)14)4-7(6)3-8/h1-3,9,13H,4-5H2,(H2,12,14)/t9-/m0/s1. The summed E-state index contributed by atoms with van der Waals surface area (Å²) in [6.45, 7) is 0.573. The lowest BCUT2D eigenvalue weighted by Gasteiger charge is -2.23. The number of nitrogens with two attached hydrogens (primary N) is 1. The topological polar surface area (TPSA) is 55.1 Å². The molecule has 1 aromatic carbocycles. The molecule has 14 heavy (non-hydrogen) atoms. The van der Waals surface area contributed by atoms with Crippen LogP contribution in [-0.2, 0) is 17.8 Å². The smallest absolute Gasteiger partial charge is 0.234 e. The Morgan fingerprint density at radius 1 is 1.50 bits per heavy atom. The number of benzene rings is 1. The van der Waals surface area contributed by atoms with Gasteiger partial charge in [-0.2, -0.15) is 0 Å². The first-order valence-electron chi connectivity index (χ1n) is 4.47. The van der Waals surface area contributed by atoms with Crippen molar-refractivity contribution in [2.75, 3.05) is 0 Å². The number of fused-ring (bicyclic) bond motifs is 1. The van der Waals surface area contributed by atoms with Crippen molar-refractivity contribution in [3.8, 4) is 0 Å².